The highest BCUT2D eigenvalue weighted by Crippen LogP contribution is 2.32. The first kappa shape index (κ1) is 11.3. The second-order valence-corrected chi connectivity index (χ2v) is 2.89. The Morgan fingerprint density at radius 2 is 2.13 bits per heavy atom. The first-order valence-corrected chi connectivity index (χ1v) is 4.31. The monoisotopic (exact) mass is 211 g/mol. The first-order valence-electron chi connectivity index (χ1n) is 4.31. The van der Waals surface area contributed by atoms with E-state index in [0.717, 1.165) is 0 Å². The SMILES string of the molecule is COC(=O)[C@@H](N)c1c(O)cccc1OC. The zero-order chi connectivity index (χ0) is 11.4. The zero-order valence-corrected chi connectivity index (χ0v) is 8.56. The Morgan fingerprint density at radius 1 is 1.47 bits per heavy atom. The number of ether oxygens (including phenoxy) is 2. The van der Waals surface area contributed by atoms with Crippen molar-refractivity contribution in [1.82, 2.24) is 0 Å². The van der Waals surface area contributed by atoms with Crippen LogP contribution in [-0.4, -0.2) is 25.3 Å². The average molecular weight is 211 g/mol. The number of rotatable bonds is 3. The minimum absolute atomic E-state index is 0.0905. The van der Waals surface area contributed by atoms with E-state index < -0.39 is 12.0 Å². The molecular formula is C10H13NO4. The standard InChI is InChI=1S/C10H13NO4/c1-14-7-5-3-4-6(12)8(7)9(11)10(13)15-2/h3-5,9,12H,11H2,1-2H3/t9-/m0/s1. The number of benzene rings is 1. The van der Waals surface area contributed by atoms with Gasteiger partial charge in [-0.2, -0.15) is 0 Å². The van der Waals surface area contributed by atoms with Crippen LogP contribution in [-0.2, 0) is 9.53 Å². The number of aromatic hydroxyl groups is 1. The minimum Gasteiger partial charge on any atom is -0.507 e. The van der Waals surface area contributed by atoms with Crippen LogP contribution < -0.4 is 10.5 Å². The van der Waals surface area contributed by atoms with Crippen LogP contribution in [0.4, 0.5) is 0 Å². The molecule has 0 saturated carbocycles. The van der Waals surface area contributed by atoms with E-state index in [0.29, 0.717) is 5.75 Å². The van der Waals surface area contributed by atoms with Crippen LogP contribution in [0.2, 0.25) is 0 Å². The van der Waals surface area contributed by atoms with Gasteiger partial charge in [0.05, 0.1) is 19.8 Å². The molecule has 1 atom stereocenters. The van der Waals surface area contributed by atoms with Gasteiger partial charge in [-0.15, -0.1) is 0 Å². The number of hydrogen-bond donors (Lipinski definition) is 2. The van der Waals surface area contributed by atoms with Gasteiger partial charge in [0.2, 0.25) is 0 Å². The molecule has 1 aromatic carbocycles. The summed E-state index contributed by atoms with van der Waals surface area (Å²) in [5, 5.41) is 9.57. The second kappa shape index (κ2) is 4.65. The lowest BCUT2D eigenvalue weighted by molar-refractivity contribution is -0.142. The third kappa shape index (κ3) is 2.19. The lowest BCUT2D eigenvalue weighted by Gasteiger charge is -2.14. The minimum atomic E-state index is -1.05. The van der Waals surface area contributed by atoms with Gasteiger partial charge in [-0.25, -0.2) is 4.79 Å². The van der Waals surface area contributed by atoms with Gasteiger partial charge in [-0.05, 0) is 12.1 Å². The molecule has 0 aliphatic heterocycles. The van der Waals surface area contributed by atoms with Crippen molar-refractivity contribution in [2.45, 2.75) is 6.04 Å². The van der Waals surface area contributed by atoms with Crippen molar-refractivity contribution in [3.05, 3.63) is 23.8 Å². The van der Waals surface area contributed by atoms with Gasteiger partial charge < -0.3 is 20.3 Å². The van der Waals surface area contributed by atoms with Gasteiger partial charge >= 0.3 is 5.97 Å². The van der Waals surface area contributed by atoms with Gasteiger partial charge in [0.15, 0.2) is 0 Å². The second-order valence-electron chi connectivity index (χ2n) is 2.89. The molecule has 1 rings (SSSR count). The molecule has 0 aliphatic carbocycles. The van der Waals surface area contributed by atoms with Gasteiger partial charge in [0, 0.05) is 0 Å². The van der Waals surface area contributed by atoms with Crippen LogP contribution in [0.3, 0.4) is 0 Å². The lowest BCUT2D eigenvalue weighted by Crippen LogP contribution is -2.23. The van der Waals surface area contributed by atoms with E-state index in [1.54, 1.807) is 12.1 Å². The maximum atomic E-state index is 11.2. The molecule has 0 heterocycles. The van der Waals surface area contributed by atoms with Gasteiger partial charge in [0.25, 0.3) is 0 Å². The molecule has 0 radical (unpaired) electrons. The highest BCUT2D eigenvalue weighted by molar-refractivity contribution is 5.79. The number of carbonyl (C=O) groups excluding carboxylic acids is 1. The zero-order valence-electron chi connectivity index (χ0n) is 8.56. The van der Waals surface area contributed by atoms with Gasteiger partial charge in [-0.3, -0.25) is 0 Å². The Kier molecular flexibility index (Phi) is 3.51. The Morgan fingerprint density at radius 3 is 2.67 bits per heavy atom. The van der Waals surface area contributed by atoms with Crippen molar-refractivity contribution in [1.29, 1.82) is 0 Å². The highest BCUT2D eigenvalue weighted by Gasteiger charge is 2.23. The van der Waals surface area contributed by atoms with Crippen LogP contribution in [0.25, 0.3) is 0 Å². The molecule has 0 unspecified atom stereocenters. The summed E-state index contributed by atoms with van der Waals surface area (Å²) in [6, 6.07) is 3.59. The van der Waals surface area contributed by atoms with Crippen LogP contribution in [0.1, 0.15) is 11.6 Å². The summed E-state index contributed by atoms with van der Waals surface area (Å²) in [6.45, 7) is 0. The van der Waals surface area contributed by atoms with E-state index in [4.69, 9.17) is 10.5 Å². The molecular weight excluding hydrogens is 198 g/mol. The summed E-state index contributed by atoms with van der Waals surface area (Å²) < 4.78 is 9.48. The lowest BCUT2D eigenvalue weighted by atomic mass is 10.1. The molecule has 0 aliphatic rings. The maximum absolute atomic E-state index is 11.2. The Labute approximate surface area is 87.4 Å². The van der Waals surface area contributed by atoms with E-state index in [1.165, 1.54) is 20.3 Å². The van der Waals surface area contributed by atoms with Gasteiger partial charge in [-0.1, -0.05) is 6.07 Å². The number of phenols is 1. The molecule has 0 saturated heterocycles. The molecule has 1 aromatic rings. The van der Waals surface area contributed by atoms with E-state index in [2.05, 4.69) is 4.74 Å². The maximum Gasteiger partial charge on any atom is 0.327 e. The normalized spacial score (nSPS) is 11.9. The predicted octanol–water partition coefficient (Wildman–Crippen LogP) is 0.574. The van der Waals surface area contributed by atoms with E-state index in [9.17, 15) is 9.90 Å². The molecule has 0 spiro atoms. The van der Waals surface area contributed by atoms with Crippen molar-refractivity contribution in [3.63, 3.8) is 0 Å². The summed E-state index contributed by atoms with van der Waals surface area (Å²) in [7, 11) is 2.66. The molecule has 5 heteroatoms. The quantitative estimate of drug-likeness (QED) is 0.714. The van der Waals surface area contributed by atoms with Crippen molar-refractivity contribution >= 4 is 5.97 Å². The molecule has 15 heavy (non-hydrogen) atoms. The van der Waals surface area contributed by atoms with E-state index >= 15 is 0 Å². The summed E-state index contributed by atoms with van der Waals surface area (Å²) >= 11 is 0. The number of carbonyl (C=O) groups is 1. The third-order valence-corrected chi connectivity index (χ3v) is 2.03. The van der Waals surface area contributed by atoms with Crippen LogP contribution in [0.15, 0.2) is 18.2 Å². The van der Waals surface area contributed by atoms with Crippen molar-refractivity contribution < 1.29 is 19.4 Å². The van der Waals surface area contributed by atoms with Crippen molar-refractivity contribution in [2.24, 2.45) is 5.73 Å². The Bertz CT molecular complexity index is 364. The van der Waals surface area contributed by atoms with Crippen LogP contribution in [0.5, 0.6) is 11.5 Å². The van der Waals surface area contributed by atoms with E-state index in [-0.39, 0.29) is 11.3 Å². The smallest absolute Gasteiger partial charge is 0.327 e. The summed E-state index contributed by atoms with van der Waals surface area (Å²) in [5.41, 5.74) is 5.84. The molecule has 82 valence electrons. The molecule has 0 fully saturated rings. The molecule has 0 bridgehead atoms. The fraction of sp³-hybridized carbons (Fsp3) is 0.300. The fourth-order valence-electron chi connectivity index (χ4n) is 1.27. The fourth-order valence-corrected chi connectivity index (χ4v) is 1.27. The van der Waals surface area contributed by atoms with Crippen molar-refractivity contribution in [2.75, 3.05) is 14.2 Å². The van der Waals surface area contributed by atoms with Crippen molar-refractivity contribution in [3.8, 4) is 11.5 Å². The number of methoxy groups -OCH3 is 2. The topological polar surface area (TPSA) is 81.8 Å². The Hall–Kier alpha value is -1.75. The number of esters is 1. The van der Waals surface area contributed by atoms with Gasteiger partial charge in [0.1, 0.15) is 17.5 Å². The summed E-state index contributed by atoms with van der Waals surface area (Å²) in [5.74, 6) is -0.366. The van der Waals surface area contributed by atoms with Crippen LogP contribution >= 0.6 is 0 Å². The van der Waals surface area contributed by atoms with Crippen LogP contribution in [0, 0.1) is 0 Å². The Balaban J connectivity index is 3.16. The largest absolute Gasteiger partial charge is 0.507 e. The number of hydrogen-bond acceptors (Lipinski definition) is 5. The predicted molar refractivity (Wildman–Crippen MR) is 53.6 cm³/mol. The highest BCUT2D eigenvalue weighted by atomic mass is 16.5. The first-order chi connectivity index (χ1) is 7.11. The molecule has 0 aromatic heterocycles. The van der Waals surface area contributed by atoms with E-state index in [1.807, 2.05) is 0 Å². The molecule has 5 nitrogen and oxygen atoms in total. The number of phenolic OH excluding ortho intramolecular Hbond substituents is 1. The molecule has 3 N–H and O–H groups in total. The summed E-state index contributed by atoms with van der Waals surface area (Å²) in [4.78, 5) is 11.2. The molecule has 0 amide bonds. The third-order valence-electron chi connectivity index (χ3n) is 2.03. The average Bonchev–Trinajstić information content (AvgIpc) is 2.26. The summed E-state index contributed by atoms with van der Waals surface area (Å²) in [6.07, 6.45) is 0. The number of nitrogens with two attached hydrogens (primary N) is 1.